The van der Waals surface area contributed by atoms with Crippen molar-refractivity contribution in [2.75, 3.05) is 18.1 Å². The van der Waals surface area contributed by atoms with Crippen molar-refractivity contribution in [3.8, 4) is 0 Å². The summed E-state index contributed by atoms with van der Waals surface area (Å²) in [6.07, 6.45) is -0.837. The van der Waals surface area contributed by atoms with Crippen LogP contribution in [0.5, 0.6) is 0 Å². The van der Waals surface area contributed by atoms with Gasteiger partial charge < -0.3 is 15.3 Å². The predicted octanol–water partition coefficient (Wildman–Crippen LogP) is 1.05. The first-order valence-electron chi connectivity index (χ1n) is 6.85. The SMILES string of the molecule is CC(C)NC(CSCC(O)CO)(C(=O)O)c1ccccc1. The maximum atomic E-state index is 11.9. The van der Waals surface area contributed by atoms with Gasteiger partial charge in [-0.15, -0.1) is 0 Å². The Hall–Kier alpha value is -1.08. The average molecular weight is 313 g/mol. The minimum atomic E-state index is -1.21. The molecule has 0 heterocycles. The number of nitrogens with one attached hydrogen (secondary N) is 1. The van der Waals surface area contributed by atoms with E-state index in [1.165, 1.54) is 11.8 Å². The molecule has 4 N–H and O–H groups in total. The molecule has 0 aliphatic rings. The van der Waals surface area contributed by atoms with E-state index in [0.29, 0.717) is 5.56 Å². The molecule has 0 fully saturated rings. The van der Waals surface area contributed by atoms with Crippen molar-refractivity contribution in [1.29, 1.82) is 0 Å². The fourth-order valence-corrected chi connectivity index (χ4v) is 3.25. The number of aliphatic hydroxyl groups excluding tert-OH is 2. The van der Waals surface area contributed by atoms with Crippen LogP contribution in [0.4, 0.5) is 0 Å². The lowest BCUT2D eigenvalue weighted by atomic mass is 9.91. The molecule has 1 rings (SSSR count). The third kappa shape index (κ3) is 5.00. The van der Waals surface area contributed by atoms with Crippen molar-refractivity contribution < 1.29 is 20.1 Å². The Morgan fingerprint density at radius 1 is 1.33 bits per heavy atom. The fourth-order valence-electron chi connectivity index (χ4n) is 2.07. The summed E-state index contributed by atoms with van der Waals surface area (Å²) in [5, 5.41) is 31.1. The van der Waals surface area contributed by atoms with Gasteiger partial charge in [0.2, 0.25) is 0 Å². The molecule has 0 saturated carbocycles. The van der Waals surface area contributed by atoms with Gasteiger partial charge in [-0.2, -0.15) is 11.8 Å². The Kier molecular flexibility index (Phi) is 7.17. The monoisotopic (exact) mass is 313 g/mol. The lowest BCUT2D eigenvalue weighted by Crippen LogP contribution is -2.54. The molecule has 2 atom stereocenters. The highest BCUT2D eigenvalue weighted by Gasteiger charge is 2.40. The molecule has 1 aromatic rings. The summed E-state index contributed by atoms with van der Waals surface area (Å²) in [5.41, 5.74) is -0.535. The molecule has 5 nitrogen and oxygen atoms in total. The first-order valence-corrected chi connectivity index (χ1v) is 8.01. The third-order valence-electron chi connectivity index (χ3n) is 3.01. The topological polar surface area (TPSA) is 89.8 Å². The van der Waals surface area contributed by atoms with Gasteiger partial charge in [0.15, 0.2) is 5.54 Å². The molecule has 0 radical (unpaired) electrons. The standard InChI is InChI=1S/C15H23NO4S/c1-11(2)16-15(14(19)20,10-21-9-13(18)8-17)12-6-4-3-5-7-12/h3-7,11,13,16-18H,8-10H2,1-2H3,(H,19,20). The number of benzene rings is 1. The Morgan fingerprint density at radius 2 is 1.95 bits per heavy atom. The van der Waals surface area contributed by atoms with Crippen LogP contribution in [0.25, 0.3) is 0 Å². The highest BCUT2D eigenvalue weighted by molar-refractivity contribution is 7.99. The Morgan fingerprint density at radius 3 is 2.43 bits per heavy atom. The molecule has 0 bridgehead atoms. The van der Waals surface area contributed by atoms with E-state index in [1.807, 2.05) is 32.0 Å². The zero-order valence-electron chi connectivity index (χ0n) is 12.3. The molecule has 0 aromatic heterocycles. The number of rotatable bonds is 9. The van der Waals surface area contributed by atoms with Crippen LogP contribution in [0.1, 0.15) is 19.4 Å². The molecular weight excluding hydrogens is 290 g/mol. The van der Waals surface area contributed by atoms with Crippen molar-refractivity contribution >= 4 is 17.7 Å². The number of thioether (sulfide) groups is 1. The normalized spacial score (nSPS) is 15.7. The molecule has 0 spiro atoms. The first kappa shape index (κ1) is 18.0. The number of carboxylic acid groups (broad SMARTS) is 1. The average Bonchev–Trinajstić information content (AvgIpc) is 2.46. The van der Waals surface area contributed by atoms with E-state index in [9.17, 15) is 15.0 Å². The largest absolute Gasteiger partial charge is 0.480 e. The zero-order valence-corrected chi connectivity index (χ0v) is 13.1. The molecule has 0 amide bonds. The number of aliphatic hydroxyl groups is 2. The van der Waals surface area contributed by atoms with Crippen LogP contribution in [-0.4, -0.2) is 51.5 Å². The molecule has 0 saturated heterocycles. The van der Waals surface area contributed by atoms with Crippen molar-refractivity contribution in [2.24, 2.45) is 0 Å². The molecule has 6 heteroatoms. The van der Waals surface area contributed by atoms with Crippen LogP contribution in [0, 0.1) is 0 Å². The number of hydrogen-bond donors (Lipinski definition) is 4. The summed E-state index contributed by atoms with van der Waals surface area (Å²) in [6, 6.07) is 9.02. The number of aliphatic carboxylic acids is 1. The van der Waals surface area contributed by atoms with Crippen LogP contribution < -0.4 is 5.32 Å². The quantitative estimate of drug-likeness (QED) is 0.545. The number of carbonyl (C=O) groups is 1. The summed E-state index contributed by atoms with van der Waals surface area (Å²) in [5.74, 6) is -0.395. The lowest BCUT2D eigenvalue weighted by Gasteiger charge is -2.33. The molecular formula is C15H23NO4S. The van der Waals surface area contributed by atoms with Crippen molar-refractivity contribution in [3.63, 3.8) is 0 Å². The highest BCUT2D eigenvalue weighted by atomic mass is 32.2. The summed E-state index contributed by atoms with van der Waals surface area (Å²) in [6.45, 7) is 3.47. The molecule has 21 heavy (non-hydrogen) atoms. The minimum Gasteiger partial charge on any atom is -0.480 e. The van der Waals surface area contributed by atoms with Gasteiger partial charge in [-0.05, 0) is 19.4 Å². The molecule has 2 unspecified atom stereocenters. The zero-order chi connectivity index (χ0) is 15.9. The van der Waals surface area contributed by atoms with Gasteiger partial charge in [0.1, 0.15) is 0 Å². The van der Waals surface area contributed by atoms with Gasteiger partial charge in [-0.3, -0.25) is 5.32 Å². The number of hydrogen-bond acceptors (Lipinski definition) is 5. The van der Waals surface area contributed by atoms with Crippen LogP contribution >= 0.6 is 11.8 Å². The van der Waals surface area contributed by atoms with Crippen LogP contribution in [-0.2, 0) is 10.3 Å². The first-order chi connectivity index (χ1) is 9.92. The Bertz CT molecular complexity index is 441. The highest BCUT2D eigenvalue weighted by Crippen LogP contribution is 2.27. The van der Waals surface area contributed by atoms with Crippen molar-refractivity contribution in [2.45, 2.75) is 31.5 Å². The van der Waals surface area contributed by atoms with Crippen LogP contribution in [0.15, 0.2) is 30.3 Å². The minimum absolute atomic E-state index is 0.00956. The van der Waals surface area contributed by atoms with Gasteiger partial charge >= 0.3 is 5.97 Å². The summed E-state index contributed by atoms with van der Waals surface area (Å²) in [4.78, 5) is 11.9. The van der Waals surface area contributed by atoms with Crippen LogP contribution in [0.2, 0.25) is 0 Å². The van der Waals surface area contributed by atoms with E-state index < -0.39 is 17.6 Å². The summed E-state index contributed by atoms with van der Waals surface area (Å²) < 4.78 is 0. The van der Waals surface area contributed by atoms with Crippen molar-refractivity contribution in [1.82, 2.24) is 5.32 Å². The predicted molar refractivity (Wildman–Crippen MR) is 84.4 cm³/mol. The molecule has 1 aromatic carbocycles. The molecule has 0 aliphatic heterocycles. The van der Waals surface area contributed by atoms with Gasteiger partial charge in [-0.1, -0.05) is 30.3 Å². The van der Waals surface area contributed by atoms with E-state index in [4.69, 9.17) is 5.11 Å². The lowest BCUT2D eigenvalue weighted by molar-refractivity contribution is -0.144. The molecule has 0 aliphatic carbocycles. The third-order valence-corrected chi connectivity index (χ3v) is 4.26. The van der Waals surface area contributed by atoms with Crippen molar-refractivity contribution in [3.05, 3.63) is 35.9 Å². The van der Waals surface area contributed by atoms with E-state index in [2.05, 4.69) is 5.32 Å². The Balaban J connectivity index is 2.99. The summed E-state index contributed by atoms with van der Waals surface area (Å²) in [7, 11) is 0. The second kappa shape index (κ2) is 8.38. The maximum Gasteiger partial charge on any atom is 0.329 e. The van der Waals surface area contributed by atoms with Gasteiger partial charge in [-0.25, -0.2) is 4.79 Å². The molecule has 118 valence electrons. The van der Waals surface area contributed by atoms with Gasteiger partial charge in [0.05, 0.1) is 12.7 Å². The van der Waals surface area contributed by atoms with E-state index in [-0.39, 0.29) is 24.2 Å². The second-order valence-corrected chi connectivity index (χ2v) is 6.26. The summed E-state index contributed by atoms with van der Waals surface area (Å²) >= 11 is 1.30. The van der Waals surface area contributed by atoms with E-state index in [0.717, 1.165) is 0 Å². The van der Waals surface area contributed by atoms with E-state index in [1.54, 1.807) is 12.1 Å². The van der Waals surface area contributed by atoms with Crippen LogP contribution in [0.3, 0.4) is 0 Å². The van der Waals surface area contributed by atoms with Gasteiger partial charge in [0, 0.05) is 17.5 Å². The smallest absolute Gasteiger partial charge is 0.329 e. The van der Waals surface area contributed by atoms with Gasteiger partial charge in [0.25, 0.3) is 0 Å². The van der Waals surface area contributed by atoms with E-state index >= 15 is 0 Å². The Labute approximate surface area is 129 Å². The maximum absolute atomic E-state index is 11.9. The fraction of sp³-hybridized carbons (Fsp3) is 0.533. The second-order valence-electron chi connectivity index (χ2n) is 5.23. The number of carboxylic acids is 1.